The van der Waals surface area contributed by atoms with Crippen LogP contribution in [0.3, 0.4) is 0 Å². The summed E-state index contributed by atoms with van der Waals surface area (Å²) in [5, 5.41) is 4.54. The molecule has 1 N–H and O–H groups in total. The quantitative estimate of drug-likeness (QED) is 0.776. The zero-order valence-electron chi connectivity index (χ0n) is 7.63. The molecule has 67 valence electrons. The fourth-order valence-electron chi connectivity index (χ4n) is 0.888. The molecule has 0 spiro atoms. The van der Waals surface area contributed by atoms with E-state index in [9.17, 15) is 0 Å². The summed E-state index contributed by atoms with van der Waals surface area (Å²) in [5.74, 6) is 0.671. The smallest absolute Gasteiger partial charge is 0.112 e. The van der Waals surface area contributed by atoms with Gasteiger partial charge in [-0.15, -0.1) is 11.3 Å². The van der Waals surface area contributed by atoms with Crippen molar-refractivity contribution >= 4 is 16.3 Å². The van der Waals surface area contributed by atoms with Crippen LogP contribution in [0.15, 0.2) is 5.51 Å². The zero-order chi connectivity index (χ0) is 8.97. The second kappa shape index (κ2) is 4.45. The minimum Gasteiger partial charge on any atom is -0.375 e. The summed E-state index contributed by atoms with van der Waals surface area (Å²) in [7, 11) is 0. The van der Waals surface area contributed by atoms with Crippen LogP contribution in [0, 0.1) is 12.8 Å². The van der Waals surface area contributed by atoms with E-state index in [-0.39, 0.29) is 0 Å². The van der Waals surface area contributed by atoms with Gasteiger partial charge in [0, 0.05) is 6.54 Å². The number of hydrogen-bond acceptors (Lipinski definition) is 3. The molecule has 0 fully saturated rings. The molecule has 3 heteroatoms. The Morgan fingerprint density at radius 1 is 1.67 bits per heavy atom. The van der Waals surface area contributed by atoms with Gasteiger partial charge in [0.05, 0.1) is 11.2 Å². The van der Waals surface area contributed by atoms with Crippen LogP contribution in [-0.2, 0) is 6.42 Å². The average molecular weight is 183 g/mol. The molecule has 0 atom stereocenters. The molecule has 0 aliphatic heterocycles. The van der Waals surface area contributed by atoms with Crippen molar-refractivity contribution in [2.24, 2.45) is 5.92 Å². The zero-order valence-corrected chi connectivity index (χ0v) is 8.45. The first-order chi connectivity index (χ1) is 5.74. The van der Waals surface area contributed by atoms with Gasteiger partial charge in [-0.1, -0.05) is 13.8 Å². The summed E-state index contributed by atoms with van der Waals surface area (Å²) in [6, 6.07) is 0. The molecule has 1 radical (unpaired) electrons. The third-order valence-electron chi connectivity index (χ3n) is 1.55. The molecule has 1 aromatic rings. The number of thiazole rings is 1. The highest BCUT2D eigenvalue weighted by Crippen LogP contribution is 2.20. The maximum atomic E-state index is 4.21. The Morgan fingerprint density at radius 2 is 2.42 bits per heavy atom. The fourth-order valence-corrected chi connectivity index (χ4v) is 1.63. The number of nitrogens with one attached hydrogen (secondary N) is 1. The standard InChI is InChI=1S/C9H15N2S/c1-4-8-9(12-6-11-8)10-5-7(2)3/h6-7,10H,1,4-5H2,2-3H3. The summed E-state index contributed by atoms with van der Waals surface area (Å²) >= 11 is 1.65. The van der Waals surface area contributed by atoms with Crippen LogP contribution >= 0.6 is 11.3 Å². The van der Waals surface area contributed by atoms with Gasteiger partial charge in [0.2, 0.25) is 0 Å². The van der Waals surface area contributed by atoms with Crippen molar-refractivity contribution < 1.29 is 0 Å². The molecule has 1 rings (SSSR count). The molecular formula is C9H15N2S. The SMILES string of the molecule is [CH2]Cc1ncsc1NCC(C)C. The van der Waals surface area contributed by atoms with Gasteiger partial charge in [-0.2, -0.15) is 0 Å². The molecular weight excluding hydrogens is 168 g/mol. The van der Waals surface area contributed by atoms with Crippen molar-refractivity contribution in [3.63, 3.8) is 0 Å². The summed E-state index contributed by atoms with van der Waals surface area (Å²) in [5.41, 5.74) is 2.95. The van der Waals surface area contributed by atoms with Gasteiger partial charge in [0.25, 0.3) is 0 Å². The lowest BCUT2D eigenvalue weighted by molar-refractivity contribution is 0.689. The van der Waals surface area contributed by atoms with E-state index in [4.69, 9.17) is 0 Å². The van der Waals surface area contributed by atoms with Gasteiger partial charge < -0.3 is 5.32 Å². The largest absolute Gasteiger partial charge is 0.375 e. The van der Waals surface area contributed by atoms with Crippen molar-refractivity contribution in [2.45, 2.75) is 20.3 Å². The first-order valence-electron chi connectivity index (χ1n) is 4.19. The van der Waals surface area contributed by atoms with Gasteiger partial charge in [0.15, 0.2) is 0 Å². The number of aromatic nitrogens is 1. The van der Waals surface area contributed by atoms with Crippen LogP contribution < -0.4 is 5.32 Å². The Kier molecular flexibility index (Phi) is 3.53. The molecule has 12 heavy (non-hydrogen) atoms. The van der Waals surface area contributed by atoms with E-state index >= 15 is 0 Å². The topological polar surface area (TPSA) is 24.9 Å². The Morgan fingerprint density at radius 3 is 3.00 bits per heavy atom. The first kappa shape index (κ1) is 9.52. The highest BCUT2D eigenvalue weighted by atomic mass is 32.1. The van der Waals surface area contributed by atoms with E-state index in [2.05, 4.69) is 31.1 Å². The van der Waals surface area contributed by atoms with E-state index in [1.807, 2.05) is 5.51 Å². The van der Waals surface area contributed by atoms with Crippen molar-refractivity contribution in [1.29, 1.82) is 0 Å². The second-order valence-corrected chi connectivity index (χ2v) is 4.01. The van der Waals surface area contributed by atoms with E-state index < -0.39 is 0 Å². The fraction of sp³-hybridized carbons (Fsp3) is 0.556. The predicted octanol–water partition coefficient (Wildman–Crippen LogP) is 2.59. The normalized spacial score (nSPS) is 10.7. The van der Waals surface area contributed by atoms with Crippen LogP contribution in [0.25, 0.3) is 0 Å². The monoisotopic (exact) mass is 183 g/mol. The van der Waals surface area contributed by atoms with E-state index in [1.165, 1.54) is 5.00 Å². The van der Waals surface area contributed by atoms with Crippen molar-refractivity contribution in [2.75, 3.05) is 11.9 Å². The summed E-state index contributed by atoms with van der Waals surface area (Å²) in [6.07, 6.45) is 0.768. The first-order valence-corrected chi connectivity index (χ1v) is 5.07. The van der Waals surface area contributed by atoms with Crippen LogP contribution in [0.5, 0.6) is 0 Å². The second-order valence-electron chi connectivity index (χ2n) is 3.15. The summed E-state index contributed by atoms with van der Waals surface area (Å²) in [6.45, 7) is 9.21. The molecule has 0 amide bonds. The van der Waals surface area contributed by atoms with Gasteiger partial charge >= 0.3 is 0 Å². The molecule has 0 unspecified atom stereocenters. The van der Waals surface area contributed by atoms with Crippen LogP contribution in [-0.4, -0.2) is 11.5 Å². The lowest BCUT2D eigenvalue weighted by atomic mass is 10.2. The van der Waals surface area contributed by atoms with Crippen molar-refractivity contribution in [3.05, 3.63) is 18.1 Å². The Balaban J connectivity index is 2.50. The minimum absolute atomic E-state index is 0.671. The molecule has 0 aliphatic carbocycles. The van der Waals surface area contributed by atoms with Crippen LogP contribution in [0.1, 0.15) is 19.5 Å². The summed E-state index contributed by atoms with van der Waals surface area (Å²) in [4.78, 5) is 4.21. The minimum atomic E-state index is 0.671. The molecule has 0 aromatic carbocycles. The highest BCUT2D eigenvalue weighted by molar-refractivity contribution is 7.14. The molecule has 1 aromatic heterocycles. The Hall–Kier alpha value is -0.570. The number of nitrogens with zero attached hydrogens (tertiary/aromatic N) is 1. The molecule has 0 saturated carbocycles. The average Bonchev–Trinajstić information content (AvgIpc) is 2.47. The summed E-state index contributed by atoms with van der Waals surface area (Å²) < 4.78 is 0. The van der Waals surface area contributed by atoms with Gasteiger partial charge in [-0.25, -0.2) is 4.98 Å². The van der Waals surface area contributed by atoms with E-state index in [1.54, 1.807) is 11.3 Å². The maximum Gasteiger partial charge on any atom is 0.112 e. The number of rotatable bonds is 4. The number of anilines is 1. The molecule has 0 saturated heterocycles. The van der Waals surface area contributed by atoms with Crippen LogP contribution in [0.2, 0.25) is 0 Å². The van der Waals surface area contributed by atoms with Gasteiger partial charge in [-0.3, -0.25) is 0 Å². The third kappa shape index (κ3) is 2.48. The molecule has 0 aliphatic rings. The van der Waals surface area contributed by atoms with E-state index in [0.717, 1.165) is 18.7 Å². The lowest BCUT2D eigenvalue weighted by Crippen LogP contribution is -2.07. The molecule has 2 nitrogen and oxygen atoms in total. The highest BCUT2D eigenvalue weighted by Gasteiger charge is 2.03. The van der Waals surface area contributed by atoms with Gasteiger partial charge in [-0.05, 0) is 19.3 Å². The van der Waals surface area contributed by atoms with Crippen LogP contribution in [0.4, 0.5) is 5.00 Å². The Labute approximate surface area is 78.0 Å². The molecule has 0 bridgehead atoms. The Bertz CT molecular complexity index is 230. The lowest BCUT2D eigenvalue weighted by Gasteiger charge is -2.07. The predicted molar refractivity (Wildman–Crippen MR) is 54.5 cm³/mol. The van der Waals surface area contributed by atoms with Crippen molar-refractivity contribution in [1.82, 2.24) is 4.98 Å². The maximum absolute atomic E-state index is 4.21. The van der Waals surface area contributed by atoms with Crippen molar-refractivity contribution in [3.8, 4) is 0 Å². The number of hydrogen-bond donors (Lipinski definition) is 1. The molecule has 1 heterocycles. The van der Waals surface area contributed by atoms with Gasteiger partial charge in [0.1, 0.15) is 5.00 Å². The third-order valence-corrected chi connectivity index (χ3v) is 2.38. The van der Waals surface area contributed by atoms with E-state index in [0.29, 0.717) is 5.92 Å².